The number of aromatic hydroxyl groups is 1. The molecule has 0 amide bonds. The van der Waals surface area contributed by atoms with Gasteiger partial charge < -0.3 is 5.11 Å². The fourth-order valence-electron chi connectivity index (χ4n) is 1.72. The summed E-state index contributed by atoms with van der Waals surface area (Å²) in [4.78, 5) is 5.60. The van der Waals surface area contributed by atoms with Crippen LogP contribution in [0.15, 0.2) is 28.1 Å². The first-order valence-electron chi connectivity index (χ1n) is 4.07. The fraction of sp³-hybridized carbons (Fsp3) is 0.100. The Kier molecular flexibility index (Phi) is 2.29. The third kappa shape index (κ3) is 1.24. The maximum Gasteiger partial charge on any atom is 0.115 e. The maximum absolute atomic E-state index is 9.33. The Hall–Kier alpha value is -0.930. The summed E-state index contributed by atoms with van der Waals surface area (Å²) in [6.07, 6.45) is 2.14. The number of thioether (sulfide) groups is 1. The lowest BCUT2D eigenvalue weighted by atomic mass is 10.1. The third-order valence-electron chi connectivity index (χ3n) is 2.33. The lowest BCUT2D eigenvalue weighted by molar-refractivity contribution is 0.474. The van der Waals surface area contributed by atoms with Crippen molar-refractivity contribution in [3.05, 3.63) is 34.2 Å². The minimum absolute atomic E-state index is 0. The predicted octanol–water partition coefficient (Wildman–Crippen LogP) is 2.98. The standard InChI is InChI=1S/C10H7NOS.ClH/c12-7-2-1-6-3-9-10(8(6)4-7)11-5-13-9;/h1-5,10,12H;1H. The van der Waals surface area contributed by atoms with E-state index in [1.807, 2.05) is 11.6 Å². The molecule has 1 unspecified atom stereocenters. The Morgan fingerprint density at radius 3 is 3.07 bits per heavy atom. The Bertz CT molecular complexity index is 442. The molecule has 3 rings (SSSR count). The lowest BCUT2D eigenvalue weighted by Crippen LogP contribution is -1.88. The molecular formula is C10H8ClNOS. The lowest BCUT2D eigenvalue weighted by Gasteiger charge is -2.04. The van der Waals surface area contributed by atoms with Gasteiger partial charge in [-0.15, -0.1) is 12.4 Å². The second-order valence-electron chi connectivity index (χ2n) is 3.13. The topological polar surface area (TPSA) is 32.6 Å². The van der Waals surface area contributed by atoms with Crippen LogP contribution < -0.4 is 0 Å². The highest BCUT2D eigenvalue weighted by molar-refractivity contribution is 8.15. The molecule has 1 N–H and O–H groups in total. The number of rotatable bonds is 0. The molecule has 0 fully saturated rings. The van der Waals surface area contributed by atoms with E-state index >= 15 is 0 Å². The van der Waals surface area contributed by atoms with E-state index in [4.69, 9.17) is 0 Å². The first-order chi connectivity index (χ1) is 6.34. The third-order valence-corrected chi connectivity index (χ3v) is 3.17. The average Bonchev–Trinajstić information content (AvgIpc) is 2.64. The van der Waals surface area contributed by atoms with Gasteiger partial charge in [0.05, 0.1) is 5.55 Å². The van der Waals surface area contributed by atoms with Gasteiger partial charge in [0.15, 0.2) is 0 Å². The van der Waals surface area contributed by atoms with Crippen molar-refractivity contribution in [2.24, 2.45) is 4.99 Å². The van der Waals surface area contributed by atoms with E-state index in [0.29, 0.717) is 5.75 Å². The number of phenolic OH excluding ortho intramolecular Hbond substituents is 1. The van der Waals surface area contributed by atoms with E-state index < -0.39 is 0 Å². The van der Waals surface area contributed by atoms with E-state index in [1.54, 1.807) is 23.9 Å². The molecule has 0 saturated carbocycles. The number of hydrogen-bond donors (Lipinski definition) is 1. The number of fused-ring (bicyclic) bond motifs is 3. The van der Waals surface area contributed by atoms with Crippen molar-refractivity contribution in [1.82, 2.24) is 0 Å². The van der Waals surface area contributed by atoms with Crippen molar-refractivity contribution in [2.75, 3.05) is 0 Å². The molecule has 0 spiro atoms. The van der Waals surface area contributed by atoms with E-state index in [-0.39, 0.29) is 18.4 Å². The largest absolute Gasteiger partial charge is 0.508 e. The number of hydrogen-bond acceptors (Lipinski definition) is 3. The first kappa shape index (κ1) is 9.62. The Balaban J connectivity index is 0.000000750. The minimum Gasteiger partial charge on any atom is -0.508 e. The monoisotopic (exact) mass is 225 g/mol. The van der Waals surface area contributed by atoms with E-state index in [2.05, 4.69) is 11.1 Å². The van der Waals surface area contributed by atoms with Gasteiger partial charge in [-0.3, -0.25) is 4.99 Å². The van der Waals surface area contributed by atoms with Crippen LogP contribution in [-0.2, 0) is 0 Å². The summed E-state index contributed by atoms with van der Waals surface area (Å²) >= 11 is 1.66. The molecule has 4 heteroatoms. The molecule has 2 nitrogen and oxygen atoms in total. The number of phenols is 1. The summed E-state index contributed by atoms with van der Waals surface area (Å²) < 4.78 is 0. The highest BCUT2D eigenvalue weighted by Crippen LogP contribution is 2.46. The summed E-state index contributed by atoms with van der Waals surface area (Å²) in [5.74, 6) is 0.320. The smallest absolute Gasteiger partial charge is 0.115 e. The summed E-state index contributed by atoms with van der Waals surface area (Å²) in [5, 5.41) is 9.33. The normalized spacial score (nSPS) is 21.1. The summed E-state index contributed by atoms with van der Waals surface area (Å²) in [5.41, 5.74) is 4.17. The zero-order chi connectivity index (χ0) is 8.84. The SMILES string of the molecule is Cl.Oc1ccc2c(c1)C1N=CSC1=C2. The second-order valence-corrected chi connectivity index (χ2v) is 4.05. The number of aliphatic imine (C=N–C) groups is 1. The number of benzene rings is 1. The molecule has 1 aromatic carbocycles. The molecule has 0 radical (unpaired) electrons. The second kappa shape index (κ2) is 3.33. The van der Waals surface area contributed by atoms with Crippen LogP contribution in [0.3, 0.4) is 0 Å². The summed E-state index contributed by atoms with van der Waals surface area (Å²) in [6.45, 7) is 0. The molecule has 2 aliphatic rings. The molecule has 1 heterocycles. The van der Waals surface area contributed by atoms with Crippen LogP contribution in [0.5, 0.6) is 5.75 Å². The average molecular weight is 226 g/mol. The van der Waals surface area contributed by atoms with Gasteiger partial charge in [0, 0.05) is 4.91 Å². The summed E-state index contributed by atoms with van der Waals surface area (Å²) in [7, 11) is 0. The molecule has 1 aliphatic heterocycles. The molecule has 1 atom stereocenters. The van der Waals surface area contributed by atoms with Gasteiger partial charge in [0.2, 0.25) is 0 Å². The van der Waals surface area contributed by atoms with Crippen molar-refractivity contribution in [1.29, 1.82) is 0 Å². The van der Waals surface area contributed by atoms with Crippen molar-refractivity contribution in [2.45, 2.75) is 6.04 Å². The van der Waals surface area contributed by atoms with E-state index in [9.17, 15) is 5.11 Å². The van der Waals surface area contributed by atoms with Gasteiger partial charge in [0.25, 0.3) is 0 Å². The Labute approximate surface area is 92.2 Å². The maximum atomic E-state index is 9.33. The van der Waals surface area contributed by atoms with Crippen LogP contribution in [0.4, 0.5) is 0 Å². The highest BCUT2D eigenvalue weighted by Gasteiger charge is 2.27. The van der Waals surface area contributed by atoms with Crippen LogP contribution >= 0.6 is 24.2 Å². The first-order valence-corrected chi connectivity index (χ1v) is 4.95. The van der Waals surface area contributed by atoms with E-state index in [1.165, 1.54) is 10.5 Å². The minimum atomic E-state index is 0. The fourth-order valence-corrected chi connectivity index (χ4v) is 2.54. The van der Waals surface area contributed by atoms with Gasteiger partial charge >= 0.3 is 0 Å². The van der Waals surface area contributed by atoms with Gasteiger partial charge in [-0.05, 0) is 29.3 Å². The van der Waals surface area contributed by atoms with Gasteiger partial charge in [-0.25, -0.2) is 0 Å². The zero-order valence-electron chi connectivity index (χ0n) is 7.18. The molecular weight excluding hydrogens is 218 g/mol. The van der Waals surface area contributed by atoms with Crippen LogP contribution in [0, 0.1) is 0 Å². The molecule has 72 valence electrons. The highest BCUT2D eigenvalue weighted by atomic mass is 35.5. The van der Waals surface area contributed by atoms with Crippen LogP contribution in [-0.4, -0.2) is 10.7 Å². The van der Waals surface area contributed by atoms with Crippen LogP contribution in [0.1, 0.15) is 17.2 Å². The van der Waals surface area contributed by atoms with Crippen molar-refractivity contribution in [3.8, 4) is 5.75 Å². The van der Waals surface area contributed by atoms with Crippen molar-refractivity contribution in [3.63, 3.8) is 0 Å². The van der Waals surface area contributed by atoms with Crippen LogP contribution in [0.2, 0.25) is 0 Å². The predicted molar refractivity (Wildman–Crippen MR) is 62.2 cm³/mol. The van der Waals surface area contributed by atoms with Gasteiger partial charge in [0.1, 0.15) is 11.8 Å². The zero-order valence-corrected chi connectivity index (χ0v) is 8.81. The quantitative estimate of drug-likeness (QED) is 0.736. The molecule has 1 aliphatic carbocycles. The molecule has 0 aromatic heterocycles. The van der Waals surface area contributed by atoms with Gasteiger partial charge in [-0.2, -0.15) is 0 Å². The number of halogens is 1. The van der Waals surface area contributed by atoms with Gasteiger partial charge in [-0.1, -0.05) is 17.8 Å². The van der Waals surface area contributed by atoms with Crippen molar-refractivity contribution >= 4 is 35.8 Å². The molecule has 0 bridgehead atoms. The summed E-state index contributed by atoms with van der Waals surface area (Å²) in [6, 6.07) is 5.61. The Morgan fingerprint density at radius 1 is 1.36 bits per heavy atom. The molecule has 1 aromatic rings. The molecule has 0 saturated heterocycles. The van der Waals surface area contributed by atoms with Crippen LogP contribution in [0.25, 0.3) is 6.08 Å². The van der Waals surface area contributed by atoms with Crippen molar-refractivity contribution < 1.29 is 5.11 Å². The van der Waals surface area contributed by atoms with E-state index in [0.717, 1.165) is 5.56 Å². The Morgan fingerprint density at radius 2 is 2.21 bits per heavy atom. The number of nitrogens with zero attached hydrogens (tertiary/aromatic N) is 1. The molecule has 14 heavy (non-hydrogen) atoms.